The van der Waals surface area contributed by atoms with Crippen LogP contribution in [-0.2, 0) is 27.9 Å². The third-order valence-electron chi connectivity index (χ3n) is 4.94. The first-order valence-electron chi connectivity index (χ1n) is 9.72. The molecule has 2 aliphatic heterocycles. The van der Waals surface area contributed by atoms with Gasteiger partial charge in [0.25, 0.3) is 5.56 Å². The van der Waals surface area contributed by atoms with E-state index in [9.17, 15) is 24.1 Å². The molecule has 0 saturated carbocycles. The molecule has 1 aromatic heterocycles. The Hall–Kier alpha value is -1.82. The van der Waals surface area contributed by atoms with E-state index in [2.05, 4.69) is 10.1 Å². The summed E-state index contributed by atoms with van der Waals surface area (Å²) in [5.74, 6) is -1.22. The van der Waals surface area contributed by atoms with Crippen LogP contribution in [0.5, 0.6) is 0 Å². The van der Waals surface area contributed by atoms with Crippen LogP contribution in [0.15, 0.2) is 21.9 Å². The van der Waals surface area contributed by atoms with E-state index in [1.54, 1.807) is 0 Å². The molecule has 2 saturated heterocycles. The monoisotopic (exact) mass is 447 g/mol. The minimum Gasteiger partial charge on any atom is -0.465 e. The van der Waals surface area contributed by atoms with Gasteiger partial charge in [0.1, 0.15) is 12.1 Å². The SMILES string of the molecule is CCCCOC(=O)[C@H](C)N[P@@]1(=O)OC[C@H]2[C@@H](O)[C@H](n3ccc(=O)[nH]c3=O)O[C@@H]2CO1. The van der Waals surface area contributed by atoms with Gasteiger partial charge in [0.05, 0.1) is 25.9 Å². The van der Waals surface area contributed by atoms with E-state index in [4.69, 9.17) is 18.5 Å². The Kier molecular flexibility index (Phi) is 7.27. The van der Waals surface area contributed by atoms with Crippen LogP contribution in [0.25, 0.3) is 0 Å². The molecule has 0 unspecified atom stereocenters. The van der Waals surface area contributed by atoms with Gasteiger partial charge >= 0.3 is 19.4 Å². The summed E-state index contributed by atoms with van der Waals surface area (Å²) in [6.45, 7) is 3.33. The zero-order valence-corrected chi connectivity index (χ0v) is 17.6. The molecule has 2 fully saturated rings. The molecular formula is C17H26N3O9P. The number of rotatable bonds is 7. The van der Waals surface area contributed by atoms with Crippen molar-refractivity contribution in [2.24, 2.45) is 5.92 Å². The number of esters is 1. The molecule has 3 heterocycles. The lowest BCUT2D eigenvalue weighted by molar-refractivity contribution is -0.145. The third kappa shape index (κ3) is 5.08. The van der Waals surface area contributed by atoms with Crippen molar-refractivity contribution in [2.45, 2.75) is 51.2 Å². The van der Waals surface area contributed by atoms with Gasteiger partial charge < -0.3 is 14.6 Å². The van der Waals surface area contributed by atoms with E-state index >= 15 is 0 Å². The van der Waals surface area contributed by atoms with E-state index in [0.717, 1.165) is 23.5 Å². The molecule has 0 aromatic carbocycles. The maximum atomic E-state index is 12.9. The van der Waals surface area contributed by atoms with E-state index < -0.39 is 55.4 Å². The first kappa shape index (κ1) is 22.9. The van der Waals surface area contributed by atoms with Crippen LogP contribution in [0.3, 0.4) is 0 Å². The molecule has 30 heavy (non-hydrogen) atoms. The molecule has 3 rings (SSSR count). The number of hydrogen-bond acceptors (Lipinski definition) is 9. The minimum atomic E-state index is -3.85. The summed E-state index contributed by atoms with van der Waals surface area (Å²) in [4.78, 5) is 37.3. The predicted molar refractivity (Wildman–Crippen MR) is 103 cm³/mol. The average Bonchev–Trinajstić information content (AvgIpc) is 2.90. The van der Waals surface area contributed by atoms with Crippen molar-refractivity contribution in [3.8, 4) is 0 Å². The van der Waals surface area contributed by atoms with E-state index in [0.29, 0.717) is 0 Å². The van der Waals surface area contributed by atoms with Crippen molar-refractivity contribution in [3.63, 3.8) is 0 Å². The summed E-state index contributed by atoms with van der Waals surface area (Å²) in [5, 5.41) is 13.1. The van der Waals surface area contributed by atoms with Gasteiger partial charge in [-0.1, -0.05) is 13.3 Å². The summed E-state index contributed by atoms with van der Waals surface area (Å²) in [6, 6.07) is 0.210. The minimum absolute atomic E-state index is 0.192. The van der Waals surface area contributed by atoms with Crippen molar-refractivity contribution < 1.29 is 33.0 Å². The predicted octanol–water partition coefficient (Wildman–Crippen LogP) is -0.113. The largest absolute Gasteiger partial charge is 0.465 e. The standard InChI is InChI=1S/C17H26N3O9P/c1-3-4-7-26-16(23)10(2)19-30(25)27-8-11-12(9-28-30)29-15(14(11)22)20-6-5-13(21)18-17(20)24/h5-6,10-12,14-15,22H,3-4,7-9H2,1-2H3,(H,19,25)(H,18,21,24)/t10-,11+,12+,14+,15+,30+/m0/s1. The number of nitrogens with one attached hydrogen (secondary N) is 2. The Morgan fingerprint density at radius 3 is 2.87 bits per heavy atom. The van der Waals surface area contributed by atoms with Gasteiger partial charge in [0.2, 0.25) is 0 Å². The second-order valence-corrected chi connectivity index (χ2v) is 8.97. The Bertz CT molecular complexity index is 916. The zero-order valence-electron chi connectivity index (χ0n) is 16.7. The molecule has 0 amide bonds. The molecular weight excluding hydrogens is 421 g/mol. The molecule has 3 N–H and O–H groups in total. The van der Waals surface area contributed by atoms with E-state index in [1.165, 1.54) is 13.1 Å². The lowest BCUT2D eigenvalue weighted by atomic mass is 9.99. The molecule has 0 radical (unpaired) electrons. The number of H-pyrrole nitrogens is 1. The number of hydrogen-bond donors (Lipinski definition) is 3. The van der Waals surface area contributed by atoms with Gasteiger partial charge in [-0.2, -0.15) is 0 Å². The number of aliphatic hydroxyl groups is 1. The number of ether oxygens (including phenoxy) is 2. The Balaban J connectivity index is 1.63. The number of unbranched alkanes of at least 4 members (excludes halogenated alkanes) is 1. The van der Waals surface area contributed by atoms with Crippen molar-refractivity contribution in [3.05, 3.63) is 33.1 Å². The Morgan fingerprint density at radius 2 is 2.17 bits per heavy atom. The third-order valence-corrected chi connectivity index (χ3v) is 6.62. The maximum Gasteiger partial charge on any atom is 0.406 e. The summed E-state index contributed by atoms with van der Waals surface area (Å²) in [5.41, 5.74) is -1.30. The fourth-order valence-electron chi connectivity index (χ4n) is 3.22. The van der Waals surface area contributed by atoms with Gasteiger partial charge in [-0.05, 0) is 13.3 Å². The van der Waals surface area contributed by atoms with Crippen molar-refractivity contribution in [2.75, 3.05) is 19.8 Å². The van der Waals surface area contributed by atoms with Crippen LogP contribution in [0.4, 0.5) is 0 Å². The van der Waals surface area contributed by atoms with E-state index in [-0.39, 0.29) is 19.8 Å². The highest BCUT2D eigenvalue weighted by atomic mass is 31.2. The molecule has 168 valence electrons. The molecule has 6 atom stereocenters. The summed E-state index contributed by atoms with van der Waals surface area (Å²) < 4.78 is 35.5. The van der Waals surface area contributed by atoms with Gasteiger partial charge in [-0.3, -0.25) is 28.2 Å². The smallest absolute Gasteiger partial charge is 0.406 e. The van der Waals surface area contributed by atoms with Gasteiger partial charge in [-0.25, -0.2) is 14.4 Å². The van der Waals surface area contributed by atoms with Gasteiger partial charge in [0.15, 0.2) is 6.23 Å². The highest BCUT2D eigenvalue weighted by molar-refractivity contribution is 7.51. The highest BCUT2D eigenvalue weighted by Crippen LogP contribution is 2.50. The number of nitrogens with zero attached hydrogens (tertiary/aromatic N) is 1. The molecule has 2 aliphatic rings. The normalized spacial score (nSPS) is 32.2. The zero-order chi connectivity index (χ0) is 21.9. The number of fused-ring (bicyclic) bond motifs is 1. The average molecular weight is 447 g/mol. The number of aromatic nitrogens is 2. The first-order chi connectivity index (χ1) is 14.2. The van der Waals surface area contributed by atoms with E-state index in [1.807, 2.05) is 6.92 Å². The molecule has 1 aromatic rings. The molecule has 0 spiro atoms. The Morgan fingerprint density at radius 1 is 1.43 bits per heavy atom. The second kappa shape index (κ2) is 9.54. The molecule has 0 aliphatic carbocycles. The number of carbonyl (C=O) groups is 1. The number of carbonyl (C=O) groups excluding carboxylic acids is 1. The lowest BCUT2D eigenvalue weighted by Gasteiger charge is -2.22. The topological polar surface area (TPSA) is 158 Å². The lowest BCUT2D eigenvalue weighted by Crippen LogP contribution is -2.37. The molecule has 13 heteroatoms. The van der Waals surface area contributed by atoms with Crippen molar-refractivity contribution in [1.29, 1.82) is 0 Å². The fraction of sp³-hybridized carbons (Fsp3) is 0.706. The van der Waals surface area contributed by atoms with Gasteiger partial charge in [-0.15, -0.1) is 0 Å². The molecule has 12 nitrogen and oxygen atoms in total. The second-order valence-electron chi connectivity index (χ2n) is 7.20. The van der Waals surface area contributed by atoms with Crippen LogP contribution in [0.1, 0.15) is 32.9 Å². The Labute approximate surface area is 172 Å². The fourth-order valence-corrected chi connectivity index (χ4v) is 4.73. The molecule has 0 bridgehead atoms. The first-order valence-corrected chi connectivity index (χ1v) is 11.3. The van der Waals surface area contributed by atoms with Crippen LogP contribution in [-0.4, -0.2) is 58.7 Å². The maximum absolute atomic E-state index is 12.9. The summed E-state index contributed by atoms with van der Waals surface area (Å²) in [7, 11) is -3.85. The van der Waals surface area contributed by atoms with Crippen molar-refractivity contribution in [1.82, 2.24) is 14.6 Å². The summed E-state index contributed by atoms with van der Waals surface area (Å²) in [6.07, 6.45) is -0.133. The van der Waals surface area contributed by atoms with Crippen LogP contribution in [0, 0.1) is 5.92 Å². The van der Waals surface area contributed by atoms with Gasteiger partial charge in [0, 0.05) is 18.2 Å². The van der Waals surface area contributed by atoms with Crippen LogP contribution >= 0.6 is 7.75 Å². The highest BCUT2D eigenvalue weighted by Gasteiger charge is 2.49. The number of aliphatic hydroxyl groups excluding tert-OH is 1. The summed E-state index contributed by atoms with van der Waals surface area (Å²) >= 11 is 0. The van der Waals surface area contributed by atoms with Crippen LogP contribution < -0.4 is 16.3 Å². The van der Waals surface area contributed by atoms with Crippen molar-refractivity contribution >= 4 is 13.7 Å². The number of aromatic amines is 1. The quantitative estimate of drug-likeness (QED) is 0.292. The van der Waals surface area contributed by atoms with Crippen LogP contribution in [0.2, 0.25) is 0 Å².